The molecule has 0 bridgehead atoms. The molecule has 2 rings (SSSR count). The molecular weight excluding hydrogens is 546 g/mol. The highest BCUT2D eigenvalue weighted by Gasteiger charge is 2.73. The SMILES string of the molecule is OC(C1CCC/C1=N/N=C1/CCCC1C(O)(C(F)(F)Cl)C(F)(F)Cl)(C(F)(F)Cl)C(F)(F)Cl. The standard InChI is InChI=1S/C16H16Cl4F8N2O2/c17-13(21,22)11(31,14(18,23)24)7-3-1-5-9(7)29-30-10-6-2-4-8(10)12(32,15(19,25)26)16(20,27)28/h7-8,31-32H,1-6H2/b29-9-,30-10-. The average molecular weight is 562 g/mol. The number of hydrogen-bond donors (Lipinski definition) is 2. The number of rotatable bonds is 7. The van der Waals surface area contributed by atoms with Gasteiger partial charge in [0.15, 0.2) is 0 Å². The maximum atomic E-state index is 13.7. The van der Waals surface area contributed by atoms with E-state index in [1.165, 1.54) is 0 Å². The third-order valence-electron chi connectivity index (χ3n) is 5.70. The van der Waals surface area contributed by atoms with Gasteiger partial charge in [0.2, 0.25) is 11.2 Å². The van der Waals surface area contributed by atoms with Gasteiger partial charge in [-0.15, -0.1) is 0 Å². The van der Waals surface area contributed by atoms with E-state index >= 15 is 0 Å². The number of aliphatic hydroxyl groups is 2. The van der Waals surface area contributed by atoms with Gasteiger partial charge in [0.25, 0.3) is 0 Å². The van der Waals surface area contributed by atoms with Crippen molar-refractivity contribution in [2.45, 2.75) is 71.3 Å². The molecule has 2 fully saturated rings. The fraction of sp³-hybridized carbons (Fsp3) is 0.875. The summed E-state index contributed by atoms with van der Waals surface area (Å²) in [4.78, 5) is 0. The Hall–Kier alpha value is -0.140. The summed E-state index contributed by atoms with van der Waals surface area (Å²) in [6.07, 6.45) is -1.45. The molecule has 0 radical (unpaired) electrons. The molecule has 0 aromatic carbocycles. The van der Waals surface area contributed by atoms with Gasteiger partial charge in [-0.2, -0.15) is 45.3 Å². The van der Waals surface area contributed by atoms with Crippen LogP contribution in [0.4, 0.5) is 35.1 Å². The molecule has 2 aliphatic rings. The third-order valence-corrected chi connectivity index (χ3v) is 6.85. The summed E-state index contributed by atoms with van der Waals surface area (Å²) in [5.41, 5.74) is -9.66. The van der Waals surface area contributed by atoms with Crippen molar-refractivity contribution >= 4 is 57.8 Å². The molecule has 2 atom stereocenters. The maximum absolute atomic E-state index is 13.7. The minimum atomic E-state index is -4.92. The van der Waals surface area contributed by atoms with E-state index in [-0.39, 0.29) is 25.7 Å². The fourth-order valence-corrected chi connectivity index (χ4v) is 5.13. The van der Waals surface area contributed by atoms with Gasteiger partial charge in [-0.1, -0.05) is 0 Å². The number of hydrogen-bond acceptors (Lipinski definition) is 4. The van der Waals surface area contributed by atoms with Crippen LogP contribution < -0.4 is 0 Å². The zero-order valence-electron chi connectivity index (χ0n) is 15.7. The highest BCUT2D eigenvalue weighted by atomic mass is 35.5. The molecule has 16 heteroatoms. The van der Waals surface area contributed by atoms with E-state index in [1.807, 2.05) is 0 Å². The lowest BCUT2D eigenvalue weighted by atomic mass is 9.84. The monoisotopic (exact) mass is 560 g/mol. The van der Waals surface area contributed by atoms with Crippen LogP contribution in [0.5, 0.6) is 0 Å². The first-order chi connectivity index (χ1) is 14.2. The minimum Gasteiger partial charge on any atom is -0.376 e. The van der Waals surface area contributed by atoms with E-state index in [2.05, 4.69) is 10.2 Å². The van der Waals surface area contributed by atoms with E-state index in [4.69, 9.17) is 46.4 Å². The molecule has 186 valence electrons. The Morgan fingerprint density at radius 2 is 0.844 bits per heavy atom. The summed E-state index contributed by atoms with van der Waals surface area (Å²) in [6, 6.07) is 0. The normalized spacial score (nSPS) is 27.1. The van der Waals surface area contributed by atoms with Gasteiger partial charge >= 0.3 is 21.5 Å². The van der Waals surface area contributed by atoms with Crippen LogP contribution in [0, 0.1) is 11.8 Å². The summed E-state index contributed by atoms with van der Waals surface area (Å²) in [5.74, 6) is -4.20. The number of halogens is 12. The van der Waals surface area contributed by atoms with Crippen LogP contribution in [0.3, 0.4) is 0 Å². The molecule has 32 heavy (non-hydrogen) atoms. The lowest BCUT2D eigenvalue weighted by Gasteiger charge is -2.39. The zero-order valence-corrected chi connectivity index (χ0v) is 18.7. The molecule has 2 unspecified atom stereocenters. The molecule has 0 aromatic heterocycles. The first-order valence-corrected chi connectivity index (χ1v) is 10.6. The maximum Gasteiger partial charge on any atom is 0.357 e. The predicted molar refractivity (Wildman–Crippen MR) is 103 cm³/mol. The van der Waals surface area contributed by atoms with Gasteiger partial charge in [0.1, 0.15) is 0 Å². The summed E-state index contributed by atoms with van der Waals surface area (Å²) in [7, 11) is 0. The van der Waals surface area contributed by atoms with Gasteiger partial charge in [-0.3, -0.25) is 0 Å². The largest absolute Gasteiger partial charge is 0.376 e. The highest BCUT2D eigenvalue weighted by Crippen LogP contribution is 2.55. The number of alkyl halides is 12. The van der Waals surface area contributed by atoms with Crippen LogP contribution in [-0.4, -0.2) is 54.4 Å². The van der Waals surface area contributed by atoms with Crippen molar-refractivity contribution in [3.05, 3.63) is 0 Å². The molecule has 0 heterocycles. The Morgan fingerprint density at radius 1 is 0.594 bits per heavy atom. The van der Waals surface area contributed by atoms with Gasteiger partial charge < -0.3 is 10.2 Å². The Kier molecular flexibility index (Phi) is 7.74. The second-order valence-electron chi connectivity index (χ2n) is 7.60. The molecular formula is C16H16Cl4F8N2O2. The minimum absolute atomic E-state index is 0.0243. The van der Waals surface area contributed by atoms with Crippen molar-refractivity contribution in [1.82, 2.24) is 0 Å². The van der Waals surface area contributed by atoms with Crippen molar-refractivity contribution in [1.29, 1.82) is 0 Å². The van der Waals surface area contributed by atoms with Crippen LogP contribution in [-0.2, 0) is 0 Å². The zero-order chi connectivity index (χ0) is 25.0. The Bertz CT molecular complexity index is 682. The molecule has 0 spiro atoms. The predicted octanol–water partition coefficient (Wildman–Crippen LogP) is 6.17. The highest BCUT2D eigenvalue weighted by molar-refractivity contribution is 6.27. The molecule has 4 nitrogen and oxygen atoms in total. The molecule has 2 saturated carbocycles. The first kappa shape index (κ1) is 28.1. The van der Waals surface area contributed by atoms with E-state index in [0.29, 0.717) is 0 Å². The Morgan fingerprint density at radius 3 is 1.06 bits per heavy atom. The van der Waals surface area contributed by atoms with Crippen LogP contribution >= 0.6 is 46.4 Å². The lowest BCUT2D eigenvalue weighted by Crippen LogP contribution is -2.62. The summed E-state index contributed by atoms with van der Waals surface area (Å²) >= 11 is 18.9. The topological polar surface area (TPSA) is 65.2 Å². The second-order valence-corrected chi connectivity index (χ2v) is 9.49. The van der Waals surface area contributed by atoms with Crippen molar-refractivity contribution < 1.29 is 45.3 Å². The van der Waals surface area contributed by atoms with E-state index in [9.17, 15) is 45.3 Å². The second kappa shape index (κ2) is 8.82. The Balaban J connectivity index is 2.51. The van der Waals surface area contributed by atoms with Crippen LogP contribution in [0.1, 0.15) is 38.5 Å². The first-order valence-electron chi connectivity index (χ1n) is 9.04. The van der Waals surface area contributed by atoms with Gasteiger partial charge in [-0.25, -0.2) is 0 Å². The van der Waals surface area contributed by atoms with Crippen molar-refractivity contribution in [3.63, 3.8) is 0 Å². The summed E-state index contributed by atoms with van der Waals surface area (Å²) < 4.78 is 110. The van der Waals surface area contributed by atoms with Gasteiger partial charge in [0, 0.05) is 23.3 Å². The fourth-order valence-electron chi connectivity index (χ4n) is 4.04. The van der Waals surface area contributed by atoms with E-state index < -0.39 is 68.8 Å². The van der Waals surface area contributed by atoms with Crippen molar-refractivity contribution in [2.24, 2.45) is 22.0 Å². The lowest BCUT2D eigenvalue weighted by molar-refractivity contribution is -0.232. The molecule has 0 aliphatic heterocycles. The Labute approximate surface area is 196 Å². The molecule has 0 aromatic rings. The van der Waals surface area contributed by atoms with Crippen molar-refractivity contribution in [3.8, 4) is 0 Å². The smallest absolute Gasteiger partial charge is 0.357 e. The van der Waals surface area contributed by atoms with Crippen LogP contribution in [0.25, 0.3) is 0 Å². The van der Waals surface area contributed by atoms with Crippen LogP contribution in [0.2, 0.25) is 0 Å². The molecule has 2 aliphatic carbocycles. The molecule has 0 amide bonds. The van der Waals surface area contributed by atoms with Gasteiger partial charge in [0.05, 0.1) is 0 Å². The summed E-state index contributed by atoms with van der Waals surface area (Å²) in [5, 5.41) is 7.44. The third kappa shape index (κ3) is 4.68. The number of nitrogens with zero attached hydrogens (tertiary/aromatic N) is 2. The molecule has 0 saturated heterocycles. The quantitative estimate of drug-likeness (QED) is 0.222. The van der Waals surface area contributed by atoms with Gasteiger partial charge in [-0.05, 0) is 84.9 Å². The van der Waals surface area contributed by atoms with Crippen molar-refractivity contribution in [2.75, 3.05) is 0 Å². The average Bonchev–Trinajstić information content (AvgIpc) is 3.23. The molecule has 2 N–H and O–H groups in total. The van der Waals surface area contributed by atoms with E-state index in [1.54, 1.807) is 0 Å². The summed E-state index contributed by atoms with van der Waals surface area (Å²) in [6.45, 7) is 0. The van der Waals surface area contributed by atoms with E-state index in [0.717, 1.165) is 0 Å². The van der Waals surface area contributed by atoms with Crippen LogP contribution in [0.15, 0.2) is 10.2 Å².